The molecule has 4 aromatic rings. The number of carbonyl (C=O) groups excluding carboxylic acids is 1. The number of nitrogens with zero attached hydrogens (tertiary/aromatic N) is 7. The van der Waals surface area contributed by atoms with E-state index >= 15 is 0 Å². The number of anilines is 2. The van der Waals surface area contributed by atoms with Crippen molar-refractivity contribution in [2.75, 3.05) is 11.9 Å². The van der Waals surface area contributed by atoms with E-state index in [1.807, 2.05) is 52.3 Å². The lowest BCUT2D eigenvalue weighted by Crippen LogP contribution is -2.44. The molecule has 0 bridgehead atoms. The first-order valence-electron chi connectivity index (χ1n) is 12.9. The van der Waals surface area contributed by atoms with Gasteiger partial charge < -0.3 is 10.2 Å². The SMILES string of the molecule is CC(=O)N1C[C@H](c2nc(Nc3ccnc(-c4cnn(C5CC5)c4)c3)cc(-c3cccnc3)n2)CC[C@@H]1C. The van der Waals surface area contributed by atoms with Crippen LogP contribution in [0.15, 0.2) is 61.3 Å². The van der Waals surface area contributed by atoms with Crippen molar-refractivity contribution in [2.45, 2.75) is 57.5 Å². The predicted molar refractivity (Wildman–Crippen MR) is 141 cm³/mol. The van der Waals surface area contributed by atoms with Gasteiger partial charge in [-0.05, 0) is 56.9 Å². The van der Waals surface area contributed by atoms with Gasteiger partial charge >= 0.3 is 0 Å². The molecule has 188 valence electrons. The van der Waals surface area contributed by atoms with Crippen LogP contribution in [0.5, 0.6) is 0 Å². The van der Waals surface area contributed by atoms with Crippen molar-refractivity contribution in [1.82, 2.24) is 34.6 Å². The van der Waals surface area contributed by atoms with Crippen LogP contribution in [0.4, 0.5) is 11.5 Å². The second-order valence-corrected chi connectivity index (χ2v) is 10.0. The topological polar surface area (TPSA) is 102 Å². The Balaban J connectivity index is 1.32. The van der Waals surface area contributed by atoms with Crippen molar-refractivity contribution in [3.8, 4) is 22.5 Å². The molecular formula is C28H30N8O. The molecule has 2 fully saturated rings. The number of hydrogen-bond acceptors (Lipinski definition) is 7. The summed E-state index contributed by atoms with van der Waals surface area (Å²) in [6.07, 6.45) is 13.5. The van der Waals surface area contributed by atoms with Crippen molar-refractivity contribution in [2.24, 2.45) is 0 Å². The summed E-state index contributed by atoms with van der Waals surface area (Å²) >= 11 is 0. The Labute approximate surface area is 216 Å². The number of nitrogens with one attached hydrogen (secondary N) is 1. The van der Waals surface area contributed by atoms with E-state index in [1.54, 1.807) is 19.3 Å². The van der Waals surface area contributed by atoms with Gasteiger partial charge in [0.2, 0.25) is 5.91 Å². The Bertz CT molecular complexity index is 1410. The van der Waals surface area contributed by atoms with Gasteiger partial charge in [0.05, 0.1) is 23.6 Å². The fourth-order valence-corrected chi connectivity index (χ4v) is 4.95. The van der Waals surface area contributed by atoms with Gasteiger partial charge in [0.1, 0.15) is 11.6 Å². The molecule has 6 rings (SSSR count). The molecule has 9 heteroatoms. The normalized spacial score (nSPS) is 19.6. The average molecular weight is 495 g/mol. The van der Waals surface area contributed by atoms with Crippen molar-refractivity contribution in [3.63, 3.8) is 0 Å². The number of carbonyl (C=O) groups is 1. The fraction of sp³-hybridized carbons (Fsp3) is 0.357. The molecule has 1 N–H and O–H groups in total. The molecule has 0 aromatic carbocycles. The number of likely N-dealkylation sites (tertiary alicyclic amines) is 1. The fourth-order valence-electron chi connectivity index (χ4n) is 4.95. The summed E-state index contributed by atoms with van der Waals surface area (Å²) in [5.41, 5.74) is 4.46. The Morgan fingerprint density at radius 1 is 1.00 bits per heavy atom. The highest BCUT2D eigenvalue weighted by atomic mass is 16.2. The Morgan fingerprint density at radius 2 is 1.89 bits per heavy atom. The molecule has 0 unspecified atom stereocenters. The van der Waals surface area contributed by atoms with Gasteiger partial charge in [-0.25, -0.2) is 9.97 Å². The Morgan fingerprint density at radius 3 is 2.68 bits per heavy atom. The average Bonchev–Trinajstić information content (AvgIpc) is 3.65. The van der Waals surface area contributed by atoms with Gasteiger partial charge in [0.15, 0.2) is 0 Å². The van der Waals surface area contributed by atoms with Crippen LogP contribution in [0.25, 0.3) is 22.5 Å². The first-order valence-corrected chi connectivity index (χ1v) is 12.9. The zero-order valence-corrected chi connectivity index (χ0v) is 21.1. The summed E-state index contributed by atoms with van der Waals surface area (Å²) in [6.45, 7) is 4.36. The molecule has 5 heterocycles. The monoisotopic (exact) mass is 494 g/mol. The molecule has 0 radical (unpaired) electrons. The predicted octanol–water partition coefficient (Wildman–Crippen LogP) is 4.99. The molecule has 37 heavy (non-hydrogen) atoms. The van der Waals surface area contributed by atoms with Crippen LogP contribution in [-0.2, 0) is 4.79 Å². The quantitative estimate of drug-likeness (QED) is 0.403. The lowest BCUT2D eigenvalue weighted by Gasteiger charge is -2.37. The van der Waals surface area contributed by atoms with Crippen LogP contribution in [0.1, 0.15) is 57.3 Å². The molecule has 1 saturated heterocycles. The van der Waals surface area contributed by atoms with Crippen LogP contribution in [-0.4, -0.2) is 53.1 Å². The highest BCUT2D eigenvalue weighted by Gasteiger charge is 2.30. The first kappa shape index (κ1) is 23.3. The largest absolute Gasteiger partial charge is 0.340 e. The summed E-state index contributed by atoms with van der Waals surface area (Å²) in [4.78, 5) is 32.8. The minimum Gasteiger partial charge on any atom is -0.340 e. The third-order valence-corrected chi connectivity index (χ3v) is 7.20. The van der Waals surface area contributed by atoms with Crippen molar-refractivity contribution in [1.29, 1.82) is 0 Å². The molecule has 9 nitrogen and oxygen atoms in total. The van der Waals surface area contributed by atoms with Crippen molar-refractivity contribution < 1.29 is 4.79 Å². The molecule has 1 amide bonds. The maximum absolute atomic E-state index is 12.2. The molecule has 2 atom stereocenters. The van der Waals surface area contributed by atoms with E-state index in [2.05, 4.69) is 33.5 Å². The number of piperidine rings is 1. The summed E-state index contributed by atoms with van der Waals surface area (Å²) in [5, 5.41) is 7.97. The van der Waals surface area contributed by atoms with Gasteiger partial charge in [-0.3, -0.25) is 19.4 Å². The van der Waals surface area contributed by atoms with E-state index in [-0.39, 0.29) is 17.9 Å². The van der Waals surface area contributed by atoms with Gasteiger partial charge in [-0.1, -0.05) is 0 Å². The molecule has 0 spiro atoms. The van der Waals surface area contributed by atoms with Crippen LogP contribution < -0.4 is 5.32 Å². The number of rotatable bonds is 6. The van der Waals surface area contributed by atoms with E-state index in [0.717, 1.165) is 46.9 Å². The minimum absolute atomic E-state index is 0.0681. The standard InChI is InChI=1S/C28H30N8O/c1-18-5-6-21(16-35(18)19(2)37)28-33-26(20-4-3-10-29-14-20)13-27(34-28)32-23-9-11-30-25(12-23)22-15-31-36(17-22)24-7-8-24/h3-4,9-15,17-18,21,24H,5-8,16H2,1-2H3,(H,30,32,33,34)/t18-,21+/m0/s1. The zero-order chi connectivity index (χ0) is 25.4. The molecule has 2 aliphatic rings. The van der Waals surface area contributed by atoms with Crippen LogP contribution in [0, 0.1) is 0 Å². The van der Waals surface area contributed by atoms with Gasteiger partial charge in [0, 0.05) is 73.1 Å². The summed E-state index contributed by atoms with van der Waals surface area (Å²) in [6, 6.07) is 10.5. The van der Waals surface area contributed by atoms with E-state index in [9.17, 15) is 4.79 Å². The third kappa shape index (κ3) is 5.07. The van der Waals surface area contributed by atoms with E-state index in [1.165, 1.54) is 12.8 Å². The van der Waals surface area contributed by atoms with Crippen molar-refractivity contribution in [3.05, 3.63) is 67.1 Å². The molecule has 4 aromatic heterocycles. The van der Waals surface area contributed by atoms with E-state index < -0.39 is 0 Å². The highest BCUT2D eigenvalue weighted by Crippen LogP contribution is 2.35. The number of aromatic nitrogens is 6. The van der Waals surface area contributed by atoms with Crippen LogP contribution in [0.2, 0.25) is 0 Å². The zero-order valence-electron chi connectivity index (χ0n) is 21.1. The molecule has 1 aliphatic heterocycles. The van der Waals surface area contributed by atoms with E-state index in [4.69, 9.17) is 9.97 Å². The summed E-state index contributed by atoms with van der Waals surface area (Å²) in [5.74, 6) is 1.59. The van der Waals surface area contributed by atoms with Gasteiger partial charge in [-0.15, -0.1) is 0 Å². The lowest BCUT2D eigenvalue weighted by atomic mass is 9.92. The smallest absolute Gasteiger partial charge is 0.219 e. The van der Waals surface area contributed by atoms with Crippen molar-refractivity contribution >= 4 is 17.4 Å². The second-order valence-electron chi connectivity index (χ2n) is 10.0. The summed E-state index contributed by atoms with van der Waals surface area (Å²) < 4.78 is 2.03. The minimum atomic E-state index is 0.0681. The molecule has 1 saturated carbocycles. The van der Waals surface area contributed by atoms with Gasteiger partial charge in [-0.2, -0.15) is 5.10 Å². The summed E-state index contributed by atoms with van der Waals surface area (Å²) in [7, 11) is 0. The number of hydrogen-bond donors (Lipinski definition) is 1. The molecule has 1 aliphatic carbocycles. The number of amides is 1. The second kappa shape index (κ2) is 9.72. The lowest BCUT2D eigenvalue weighted by molar-refractivity contribution is -0.132. The van der Waals surface area contributed by atoms with E-state index in [0.29, 0.717) is 18.4 Å². The van der Waals surface area contributed by atoms with Crippen LogP contribution >= 0.6 is 0 Å². The highest BCUT2D eigenvalue weighted by molar-refractivity contribution is 5.74. The maximum Gasteiger partial charge on any atom is 0.219 e. The van der Waals surface area contributed by atoms with Crippen LogP contribution in [0.3, 0.4) is 0 Å². The first-order chi connectivity index (χ1) is 18.0. The maximum atomic E-state index is 12.2. The Hall–Kier alpha value is -4.14. The molecular weight excluding hydrogens is 464 g/mol. The Kier molecular flexibility index (Phi) is 6.12. The third-order valence-electron chi connectivity index (χ3n) is 7.20. The van der Waals surface area contributed by atoms with Gasteiger partial charge in [0.25, 0.3) is 0 Å². The number of pyridine rings is 2.